The van der Waals surface area contributed by atoms with E-state index in [0.29, 0.717) is 13.2 Å². The van der Waals surface area contributed by atoms with Gasteiger partial charge in [-0.25, -0.2) is 4.99 Å². The molecule has 1 atom stereocenters. The largest absolute Gasteiger partial charge is 0.383 e. The SMILES string of the molecule is CCNC(=NCc1cnn(Cc2ccccc2)c1)NC(C)COC. The van der Waals surface area contributed by atoms with Crippen LogP contribution in [0.3, 0.4) is 0 Å². The minimum atomic E-state index is 0.202. The number of aromatic nitrogens is 2. The summed E-state index contributed by atoms with van der Waals surface area (Å²) in [5.74, 6) is 0.790. The molecule has 24 heavy (non-hydrogen) atoms. The van der Waals surface area contributed by atoms with Crippen molar-refractivity contribution in [3.8, 4) is 0 Å². The van der Waals surface area contributed by atoms with Gasteiger partial charge in [0, 0.05) is 31.5 Å². The van der Waals surface area contributed by atoms with E-state index in [1.54, 1.807) is 7.11 Å². The summed E-state index contributed by atoms with van der Waals surface area (Å²) in [6, 6.07) is 10.5. The van der Waals surface area contributed by atoms with Crippen LogP contribution in [0.2, 0.25) is 0 Å². The van der Waals surface area contributed by atoms with Gasteiger partial charge in [0.25, 0.3) is 0 Å². The zero-order chi connectivity index (χ0) is 17.2. The molecule has 0 aliphatic rings. The lowest BCUT2D eigenvalue weighted by molar-refractivity contribution is 0.179. The van der Waals surface area contributed by atoms with E-state index in [9.17, 15) is 0 Å². The van der Waals surface area contributed by atoms with Crippen LogP contribution in [-0.4, -0.2) is 42.0 Å². The maximum absolute atomic E-state index is 5.15. The minimum absolute atomic E-state index is 0.202. The normalized spacial score (nSPS) is 12.9. The first kappa shape index (κ1) is 18.0. The first-order chi connectivity index (χ1) is 11.7. The number of nitrogens with one attached hydrogen (secondary N) is 2. The maximum atomic E-state index is 5.15. The number of hydrogen-bond acceptors (Lipinski definition) is 3. The molecule has 0 aliphatic carbocycles. The molecule has 2 rings (SSSR count). The third-order valence-electron chi connectivity index (χ3n) is 3.44. The maximum Gasteiger partial charge on any atom is 0.191 e. The fourth-order valence-corrected chi connectivity index (χ4v) is 2.36. The molecule has 0 radical (unpaired) electrons. The molecule has 2 aromatic rings. The van der Waals surface area contributed by atoms with Gasteiger partial charge >= 0.3 is 0 Å². The van der Waals surface area contributed by atoms with Crippen molar-refractivity contribution in [3.63, 3.8) is 0 Å². The van der Waals surface area contributed by atoms with Gasteiger partial charge < -0.3 is 15.4 Å². The van der Waals surface area contributed by atoms with E-state index in [1.165, 1.54) is 5.56 Å². The Morgan fingerprint density at radius 2 is 2.08 bits per heavy atom. The van der Waals surface area contributed by atoms with E-state index in [2.05, 4.69) is 46.7 Å². The van der Waals surface area contributed by atoms with E-state index < -0.39 is 0 Å². The summed E-state index contributed by atoms with van der Waals surface area (Å²) in [7, 11) is 1.70. The Balaban J connectivity index is 1.93. The molecule has 0 saturated carbocycles. The number of aliphatic imine (C=N–C) groups is 1. The van der Waals surface area contributed by atoms with E-state index >= 15 is 0 Å². The first-order valence-corrected chi connectivity index (χ1v) is 8.30. The number of nitrogens with zero attached hydrogens (tertiary/aromatic N) is 3. The van der Waals surface area contributed by atoms with Crippen molar-refractivity contribution in [1.29, 1.82) is 0 Å². The summed E-state index contributed by atoms with van der Waals surface area (Å²) in [4.78, 5) is 4.61. The molecule has 6 nitrogen and oxygen atoms in total. The van der Waals surface area contributed by atoms with Crippen LogP contribution < -0.4 is 10.6 Å². The predicted molar refractivity (Wildman–Crippen MR) is 97.1 cm³/mol. The smallest absolute Gasteiger partial charge is 0.191 e. The first-order valence-electron chi connectivity index (χ1n) is 8.30. The Morgan fingerprint density at radius 3 is 2.79 bits per heavy atom. The quantitative estimate of drug-likeness (QED) is 0.574. The molecule has 1 unspecified atom stereocenters. The number of guanidine groups is 1. The summed E-state index contributed by atoms with van der Waals surface area (Å²) >= 11 is 0. The lowest BCUT2D eigenvalue weighted by Gasteiger charge is -2.16. The van der Waals surface area contributed by atoms with Crippen LogP contribution in [0.5, 0.6) is 0 Å². The van der Waals surface area contributed by atoms with Gasteiger partial charge in [-0.2, -0.15) is 5.10 Å². The van der Waals surface area contributed by atoms with E-state index in [0.717, 1.165) is 24.6 Å². The van der Waals surface area contributed by atoms with Gasteiger partial charge in [0.15, 0.2) is 5.96 Å². The molecule has 1 heterocycles. The van der Waals surface area contributed by atoms with E-state index in [4.69, 9.17) is 4.74 Å². The summed E-state index contributed by atoms with van der Waals surface area (Å²) in [5, 5.41) is 11.0. The molecule has 0 amide bonds. The van der Waals surface area contributed by atoms with Crippen LogP contribution in [0.15, 0.2) is 47.7 Å². The molecule has 2 N–H and O–H groups in total. The van der Waals surface area contributed by atoms with Gasteiger partial charge in [-0.1, -0.05) is 30.3 Å². The Kier molecular flexibility index (Phi) is 7.29. The third-order valence-corrected chi connectivity index (χ3v) is 3.44. The third kappa shape index (κ3) is 6.04. The van der Waals surface area contributed by atoms with Gasteiger partial charge in [0.05, 0.1) is 25.9 Å². The second-order valence-electron chi connectivity index (χ2n) is 5.73. The monoisotopic (exact) mass is 329 g/mol. The molecule has 1 aromatic carbocycles. The fourth-order valence-electron chi connectivity index (χ4n) is 2.36. The zero-order valence-corrected chi connectivity index (χ0v) is 14.7. The Morgan fingerprint density at radius 1 is 1.29 bits per heavy atom. The van der Waals surface area contributed by atoms with Crippen LogP contribution in [0.4, 0.5) is 0 Å². The van der Waals surface area contributed by atoms with Gasteiger partial charge in [-0.15, -0.1) is 0 Å². The lowest BCUT2D eigenvalue weighted by atomic mass is 10.2. The van der Waals surface area contributed by atoms with Crippen molar-refractivity contribution in [1.82, 2.24) is 20.4 Å². The molecule has 0 fully saturated rings. The number of ether oxygens (including phenoxy) is 1. The van der Waals surface area contributed by atoms with E-state index in [-0.39, 0.29) is 6.04 Å². The van der Waals surface area contributed by atoms with E-state index in [1.807, 2.05) is 35.3 Å². The average Bonchev–Trinajstić information content (AvgIpc) is 3.01. The van der Waals surface area contributed by atoms with Crippen molar-refractivity contribution < 1.29 is 4.74 Å². The Labute approximate surface area is 143 Å². The van der Waals surface area contributed by atoms with Crippen LogP contribution in [0.1, 0.15) is 25.0 Å². The highest BCUT2D eigenvalue weighted by molar-refractivity contribution is 5.80. The molecular formula is C18H27N5O. The number of hydrogen-bond donors (Lipinski definition) is 2. The summed E-state index contributed by atoms with van der Waals surface area (Å²) < 4.78 is 7.09. The fraction of sp³-hybridized carbons (Fsp3) is 0.444. The molecular weight excluding hydrogens is 302 g/mol. The summed E-state index contributed by atoms with van der Waals surface area (Å²) in [5.41, 5.74) is 2.32. The number of rotatable bonds is 8. The van der Waals surface area contributed by atoms with Crippen molar-refractivity contribution in [2.45, 2.75) is 33.0 Å². The van der Waals surface area contributed by atoms with Gasteiger partial charge in [-0.3, -0.25) is 4.68 Å². The second kappa shape index (κ2) is 9.72. The lowest BCUT2D eigenvalue weighted by Crippen LogP contribution is -2.43. The topological polar surface area (TPSA) is 63.5 Å². The highest BCUT2D eigenvalue weighted by atomic mass is 16.5. The summed E-state index contributed by atoms with van der Waals surface area (Å²) in [6.07, 6.45) is 3.91. The Hall–Kier alpha value is -2.34. The molecule has 130 valence electrons. The van der Waals surface area contributed by atoms with Crippen molar-refractivity contribution >= 4 is 5.96 Å². The average molecular weight is 329 g/mol. The molecule has 1 aromatic heterocycles. The molecule has 0 bridgehead atoms. The zero-order valence-electron chi connectivity index (χ0n) is 14.7. The molecule has 0 spiro atoms. The highest BCUT2D eigenvalue weighted by Gasteiger charge is 2.05. The number of benzene rings is 1. The van der Waals surface area contributed by atoms with Crippen molar-refractivity contribution in [2.75, 3.05) is 20.3 Å². The van der Waals surface area contributed by atoms with Crippen LogP contribution in [0.25, 0.3) is 0 Å². The predicted octanol–water partition coefficient (Wildman–Crippen LogP) is 2.02. The van der Waals surface area contributed by atoms with Gasteiger partial charge in [-0.05, 0) is 19.4 Å². The van der Waals surface area contributed by atoms with Crippen molar-refractivity contribution in [2.24, 2.45) is 4.99 Å². The van der Waals surface area contributed by atoms with Crippen molar-refractivity contribution in [3.05, 3.63) is 53.9 Å². The van der Waals surface area contributed by atoms with Crippen LogP contribution in [-0.2, 0) is 17.8 Å². The second-order valence-corrected chi connectivity index (χ2v) is 5.73. The van der Waals surface area contributed by atoms with Crippen LogP contribution >= 0.6 is 0 Å². The van der Waals surface area contributed by atoms with Crippen LogP contribution in [0, 0.1) is 0 Å². The minimum Gasteiger partial charge on any atom is -0.383 e. The Bertz CT molecular complexity index is 623. The molecule has 0 aliphatic heterocycles. The molecule has 6 heteroatoms. The summed E-state index contributed by atoms with van der Waals surface area (Å²) in [6.45, 7) is 6.93. The molecule has 0 saturated heterocycles. The van der Waals surface area contributed by atoms with Gasteiger partial charge in [0.2, 0.25) is 0 Å². The van der Waals surface area contributed by atoms with Gasteiger partial charge in [0.1, 0.15) is 0 Å². The number of methoxy groups -OCH3 is 1. The highest BCUT2D eigenvalue weighted by Crippen LogP contribution is 2.05. The standard InChI is InChI=1S/C18H27N5O/c1-4-19-18(22-15(2)14-24-3)20-10-17-11-21-23(13-17)12-16-8-6-5-7-9-16/h5-9,11,13,15H,4,10,12,14H2,1-3H3,(H2,19,20,22).